The number of fused-ring (bicyclic) bond motifs is 2. The first-order valence-corrected chi connectivity index (χ1v) is 7.61. The van der Waals surface area contributed by atoms with E-state index < -0.39 is 0 Å². The summed E-state index contributed by atoms with van der Waals surface area (Å²) in [6.45, 7) is 0. The van der Waals surface area contributed by atoms with Crippen LogP contribution < -0.4 is 0 Å². The van der Waals surface area contributed by atoms with Crippen LogP contribution in [0, 0.1) is 0 Å². The molecule has 0 bridgehead atoms. The SMILES string of the molecule is ClC1c2ccccc2CSc2ccc(Br)cc21. The van der Waals surface area contributed by atoms with Gasteiger partial charge in [0.25, 0.3) is 0 Å². The van der Waals surface area contributed by atoms with Gasteiger partial charge in [-0.25, -0.2) is 0 Å². The van der Waals surface area contributed by atoms with Crippen LogP contribution >= 0.6 is 39.3 Å². The fourth-order valence-corrected chi connectivity index (χ4v) is 4.00. The van der Waals surface area contributed by atoms with Crippen LogP contribution in [0.4, 0.5) is 0 Å². The lowest BCUT2D eigenvalue weighted by Gasteiger charge is -2.12. The average Bonchev–Trinajstić information content (AvgIpc) is 2.49. The van der Waals surface area contributed by atoms with Crippen LogP contribution in [0.3, 0.4) is 0 Å². The first-order valence-electron chi connectivity index (χ1n) is 5.40. The first-order chi connectivity index (χ1) is 8.25. The summed E-state index contributed by atoms with van der Waals surface area (Å²) in [5.74, 6) is 0.994. The minimum Gasteiger partial charge on any atom is -0.121 e. The Morgan fingerprint density at radius 3 is 2.82 bits per heavy atom. The zero-order valence-electron chi connectivity index (χ0n) is 8.99. The van der Waals surface area contributed by atoms with E-state index in [0.717, 1.165) is 10.2 Å². The van der Waals surface area contributed by atoms with Gasteiger partial charge >= 0.3 is 0 Å². The first kappa shape index (κ1) is 11.6. The highest BCUT2D eigenvalue weighted by Gasteiger charge is 2.21. The van der Waals surface area contributed by atoms with Crippen molar-refractivity contribution in [2.45, 2.75) is 16.0 Å². The Labute approximate surface area is 119 Å². The molecule has 1 atom stereocenters. The minimum atomic E-state index is -0.0475. The van der Waals surface area contributed by atoms with Gasteiger partial charge in [-0.2, -0.15) is 0 Å². The van der Waals surface area contributed by atoms with Crippen molar-refractivity contribution in [1.82, 2.24) is 0 Å². The summed E-state index contributed by atoms with van der Waals surface area (Å²) in [4.78, 5) is 1.28. The number of thioether (sulfide) groups is 1. The maximum absolute atomic E-state index is 6.62. The van der Waals surface area contributed by atoms with Crippen LogP contribution in [0.15, 0.2) is 51.8 Å². The summed E-state index contributed by atoms with van der Waals surface area (Å²) in [6.07, 6.45) is 0. The fourth-order valence-electron chi connectivity index (χ4n) is 2.08. The summed E-state index contributed by atoms with van der Waals surface area (Å²) < 4.78 is 1.09. The van der Waals surface area contributed by atoms with Gasteiger partial charge in [0.2, 0.25) is 0 Å². The molecule has 0 saturated heterocycles. The molecule has 0 fully saturated rings. The summed E-state index contributed by atoms with van der Waals surface area (Å²) in [5, 5.41) is -0.0475. The molecule has 0 spiro atoms. The molecular formula is C14H10BrClS. The van der Waals surface area contributed by atoms with Gasteiger partial charge in [-0.1, -0.05) is 40.2 Å². The molecule has 1 aliphatic heterocycles. The van der Waals surface area contributed by atoms with Crippen molar-refractivity contribution in [3.05, 3.63) is 63.6 Å². The standard InChI is InChI=1S/C14H10BrClS/c15-10-5-6-13-12(7-10)14(16)11-4-2-1-3-9(11)8-17-13/h1-7,14H,8H2. The molecule has 2 aromatic carbocycles. The van der Waals surface area contributed by atoms with Crippen molar-refractivity contribution in [2.75, 3.05) is 0 Å². The van der Waals surface area contributed by atoms with E-state index in [1.165, 1.54) is 21.6 Å². The normalized spacial score (nSPS) is 18.1. The molecule has 1 heterocycles. The topological polar surface area (TPSA) is 0 Å². The Kier molecular flexibility index (Phi) is 3.20. The third-order valence-corrected chi connectivity index (χ3v) is 5.06. The van der Waals surface area contributed by atoms with Gasteiger partial charge < -0.3 is 0 Å². The van der Waals surface area contributed by atoms with Crippen molar-refractivity contribution in [1.29, 1.82) is 0 Å². The molecule has 0 aromatic heterocycles. The summed E-state index contributed by atoms with van der Waals surface area (Å²) in [5.41, 5.74) is 3.78. The number of hydrogen-bond donors (Lipinski definition) is 0. The number of hydrogen-bond acceptors (Lipinski definition) is 1. The number of halogens is 2. The maximum atomic E-state index is 6.62. The molecule has 0 amide bonds. The zero-order valence-corrected chi connectivity index (χ0v) is 12.1. The minimum absolute atomic E-state index is 0.0475. The van der Waals surface area contributed by atoms with Crippen LogP contribution in [-0.4, -0.2) is 0 Å². The lowest BCUT2D eigenvalue weighted by atomic mass is 10.0. The zero-order chi connectivity index (χ0) is 11.8. The molecule has 86 valence electrons. The molecule has 1 unspecified atom stereocenters. The predicted molar refractivity (Wildman–Crippen MR) is 77.8 cm³/mol. The molecule has 0 N–H and O–H groups in total. The van der Waals surface area contributed by atoms with Gasteiger partial charge in [0, 0.05) is 15.1 Å². The third-order valence-electron chi connectivity index (χ3n) is 2.96. The van der Waals surface area contributed by atoms with E-state index in [4.69, 9.17) is 11.6 Å². The molecule has 2 aromatic rings. The fraction of sp³-hybridized carbons (Fsp3) is 0.143. The van der Waals surface area contributed by atoms with E-state index in [-0.39, 0.29) is 5.38 Å². The van der Waals surface area contributed by atoms with Gasteiger partial charge in [0.1, 0.15) is 0 Å². The van der Waals surface area contributed by atoms with Crippen molar-refractivity contribution < 1.29 is 0 Å². The van der Waals surface area contributed by atoms with Gasteiger partial charge in [-0.15, -0.1) is 23.4 Å². The molecular weight excluding hydrogens is 316 g/mol. The van der Waals surface area contributed by atoms with E-state index in [1.54, 1.807) is 0 Å². The smallest absolute Gasteiger partial charge is 0.0849 e. The van der Waals surface area contributed by atoms with Crippen LogP contribution in [0.1, 0.15) is 22.1 Å². The molecule has 0 nitrogen and oxygen atoms in total. The lowest BCUT2D eigenvalue weighted by molar-refractivity contribution is 1.07. The molecule has 3 rings (SSSR count). The number of rotatable bonds is 0. The van der Waals surface area contributed by atoms with E-state index in [0.29, 0.717) is 0 Å². The highest BCUT2D eigenvalue weighted by molar-refractivity contribution is 9.10. The molecule has 1 aliphatic rings. The van der Waals surface area contributed by atoms with Crippen LogP contribution in [0.5, 0.6) is 0 Å². The Balaban J connectivity index is 2.18. The van der Waals surface area contributed by atoms with E-state index in [1.807, 2.05) is 11.8 Å². The Hall–Kier alpha value is -0.440. The molecule has 17 heavy (non-hydrogen) atoms. The van der Waals surface area contributed by atoms with Crippen LogP contribution in [0.2, 0.25) is 0 Å². The third kappa shape index (κ3) is 2.14. The van der Waals surface area contributed by atoms with Gasteiger partial charge in [0.05, 0.1) is 5.38 Å². The highest BCUT2D eigenvalue weighted by Crippen LogP contribution is 2.43. The van der Waals surface area contributed by atoms with Crippen molar-refractivity contribution in [2.24, 2.45) is 0 Å². The monoisotopic (exact) mass is 324 g/mol. The van der Waals surface area contributed by atoms with Crippen LogP contribution in [-0.2, 0) is 5.75 Å². The second kappa shape index (κ2) is 4.68. The van der Waals surface area contributed by atoms with Crippen molar-refractivity contribution in [3.63, 3.8) is 0 Å². The van der Waals surface area contributed by atoms with Crippen LogP contribution in [0.25, 0.3) is 0 Å². The Morgan fingerprint density at radius 2 is 1.94 bits per heavy atom. The van der Waals surface area contributed by atoms with Crippen molar-refractivity contribution in [3.8, 4) is 0 Å². The lowest BCUT2D eigenvalue weighted by Crippen LogP contribution is -1.96. The molecule has 0 radical (unpaired) electrons. The second-order valence-corrected chi connectivity index (χ2v) is 6.40. The van der Waals surface area contributed by atoms with E-state index >= 15 is 0 Å². The van der Waals surface area contributed by atoms with E-state index in [2.05, 4.69) is 58.4 Å². The Morgan fingerprint density at radius 1 is 1.12 bits per heavy atom. The molecule has 3 heteroatoms. The van der Waals surface area contributed by atoms with Crippen molar-refractivity contribution >= 4 is 39.3 Å². The second-order valence-electron chi connectivity index (χ2n) is 4.03. The summed E-state index contributed by atoms with van der Waals surface area (Å²) in [7, 11) is 0. The highest BCUT2D eigenvalue weighted by atomic mass is 79.9. The number of benzene rings is 2. The van der Waals surface area contributed by atoms with Gasteiger partial charge in [-0.05, 0) is 34.9 Å². The predicted octanol–water partition coefficient (Wildman–Crippen LogP) is 5.38. The van der Waals surface area contributed by atoms with Gasteiger partial charge in [0.15, 0.2) is 0 Å². The summed E-state index contributed by atoms with van der Waals surface area (Å²) in [6, 6.07) is 14.8. The Bertz CT molecular complexity index is 568. The van der Waals surface area contributed by atoms with E-state index in [9.17, 15) is 0 Å². The number of alkyl halides is 1. The average molecular weight is 326 g/mol. The van der Waals surface area contributed by atoms with Gasteiger partial charge in [-0.3, -0.25) is 0 Å². The summed E-state index contributed by atoms with van der Waals surface area (Å²) >= 11 is 12.0. The molecule has 0 saturated carbocycles. The molecule has 0 aliphatic carbocycles. The largest absolute Gasteiger partial charge is 0.121 e. The maximum Gasteiger partial charge on any atom is 0.0849 e. The quantitative estimate of drug-likeness (QED) is 0.586.